The van der Waals surface area contributed by atoms with Gasteiger partial charge in [0, 0.05) is 17.0 Å². The number of hydrogen-bond donors (Lipinski definition) is 0. The van der Waals surface area contributed by atoms with E-state index in [1.807, 2.05) is 0 Å². The second-order valence-electron chi connectivity index (χ2n) is 3.25. The van der Waals surface area contributed by atoms with Gasteiger partial charge >= 0.3 is 0 Å². The van der Waals surface area contributed by atoms with Crippen molar-refractivity contribution in [3.05, 3.63) is 40.2 Å². The minimum absolute atomic E-state index is 0.310. The molecule has 0 aliphatic carbocycles. The van der Waals surface area contributed by atoms with Gasteiger partial charge in [0.15, 0.2) is 0 Å². The van der Waals surface area contributed by atoms with Crippen LogP contribution in [0.4, 0.5) is 0 Å². The van der Waals surface area contributed by atoms with Crippen molar-refractivity contribution in [2.75, 3.05) is 7.11 Å². The summed E-state index contributed by atoms with van der Waals surface area (Å²) in [5.74, 6) is 0.553. The number of nitrogens with zero attached hydrogens (tertiary/aromatic N) is 2. The van der Waals surface area contributed by atoms with Crippen LogP contribution >= 0.6 is 0 Å². The number of aromatic nitrogens is 2. The van der Waals surface area contributed by atoms with Gasteiger partial charge in [-0.2, -0.15) is 0 Å². The summed E-state index contributed by atoms with van der Waals surface area (Å²) < 4.78 is 6.39. The van der Waals surface area contributed by atoms with E-state index in [-0.39, 0.29) is 0 Å². The topological polar surface area (TPSA) is 60.2 Å². The van der Waals surface area contributed by atoms with Crippen molar-refractivity contribution in [3.63, 3.8) is 0 Å². The molecule has 0 unspecified atom stereocenters. The molecule has 0 N–H and O–H groups in total. The summed E-state index contributed by atoms with van der Waals surface area (Å²) in [7, 11) is 1.51. The van der Waals surface area contributed by atoms with Crippen LogP contribution in [0, 0.1) is 17.0 Å². The summed E-state index contributed by atoms with van der Waals surface area (Å²) in [6.45, 7) is 1.58. The normalized spacial score (nSPS) is 10.5. The van der Waals surface area contributed by atoms with Crippen molar-refractivity contribution >= 4 is 11.0 Å². The SMILES string of the molecule is COc1ccc2c(c1)n([O-])c(C)c[n+]2=O. The van der Waals surface area contributed by atoms with E-state index in [0.717, 1.165) is 0 Å². The van der Waals surface area contributed by atoms with Crippen molar-refractivity contribution in [2.45, 2.75) is 6.92 Å². The zero-order valence-electron chi connectivity index (χ0n) is 8.43. The molecule has 15 heavy (non-hydrogen) atoms. The molecule has 1 aromatic heterocycles. The molecule has 0 radical (unpaired) electrons. The fraction of sp³-hybridized carbons (Fsp3) is 0.200. The van der Waals surface area contributed by atoms with E-state index in [1.165, 1.54) is 13.3 Å². The molecule has 0 atom stereocenters. The fourth-order valence-electron chi connectivity index (χ4n) is 1.46. The molecular weight excluding hydrogens is 196 g/mol. The van der Waals surface area contributed by atoms with Crippen molar-refractivity contribution < 1.29 is 9.16 Å². The molecule has 0 bridgehead atoms. The zero-order valence-corrected chi connectivity index (χ0v) is 8.43. The van der Waals surface area contributed by atoms with Crippen LogP contribution in [-0.4, -0.2) is 11.8 Å². The van der Waals surface area contributed by atoms with Gasteiger partial charge in [0.05, 0.1) is 17.2 Å². The summed E-state index contributed by atoms with van der Waals surface area (Å²) in [4.78, 5) is 11.5. The van der Waals surface area contributed by atoms with Crippen LogP contribution in [0.5, 0.6) is 5.75 Å². The smallest absolute Gasteiger partial charge is 0.286 e. The molecule has 2 aromatic rings. The summed E-state index contributed by atoms with van der Waals surface area (Å²) in [5, 5.41) is 11.7. The second kappa shape index (κ2) is 3.27. The number of hydrogen-bond acceptors (Lipinski definition) is 3. The Labute approximate surface area is 85.7 Å². The Kier molecular flexibility index (Phi) is 2.07. The average molecular weight is 206 g/mol. The van der Waals surface area contributed by atoms with E-state index in [9.17, 15) is 10.1 Å². The van der Waals surface area contributed by atoms with Crippen LogP contribution in [0.2, 0.25) is 0 Å². The highest BCUT2D eigenvalue weighted by atomic mass is 16.5. The van der Waals surface area contributed by atoms with Gasteiger partial charge in [0.25, 0.3) is 5.52 Å². The first kappa shape index (κ1) is 9.51. The van der Waals surface area contributed by atoms with E-state index in [1.54, 1.807) is 25.1 Å². The largest absolute Gasteiger partial charge is 0.805 e. The lowest BCUT2D eigenvalue weighted by atomic mass is 10.2. The summed E-state index contributed by atoms with van der Waals surface area (Å²) in [6.07, 6.45) is 1.25. The number of rotatable bonds is 1. The first-order valence-corrected chi connectivity index (χ1v) is 4.43. The minimum Gasteiger partial charge on any atom is -0.805 e. The van der Waals surface area contributed by atoms with Crippen molar-refractivity contribution in [1.29, 1.82) is 0 Å². The van der Waals surface area contributed by atoms with Gasteiger partial charge in [-0.05, 0) is 13.0 Å². The number of aryl methyl sites for hydroxylation is 1. The molecule has 1 heterocycles. The number of fused-ring (bicyclic) bond motifs is 1. The van der Waals surface area contributed by atoms with Gasteiger partial charge in [-0.1, -0.05) is 0 Å². The predicted octanol–water partition coefficient (Wildman–Crippen LogP) is 1.22. The van der Waals surface area contributed by atoms with Gasteiger partial charge < -0.3 is 14.7 Å². The van der Waals surface area contributed by atoms with Crippen LogP contribution in [0.3, 0.4) is 0 Å². The molecule has 0 saturated carbocycles. The van der Waals surface area contributed by atoms with Gasteiger partial charge in [-0.3, -0.25) is 0 Å². The molecule has 78 valence electrons. The molecule has 1 aromatic carbocycles. The summed E-state index contributed by atoms with van der Waals surface area (Å²) in [6, 6.07) is 4.75. The molecule has 5 heteroatoms. The number of ether oxygens (including phenoxy) is 1. The molecule has 0 aliphatic heterocycles. The Balaban J connectivity index is 2.91. The highest BCUT2D eigenvalue weighted by molar-refractivity contribution is 5.74. The van der Waals surface area contributed by atoms with Gasteiger partial charge in [-0.25, -0.2) is 0 Å². The van der Waals surface area contributed by atoms with Crippen LogP contribution < -0.4 is 9.16 Å². The summed E-state index contributed by atoms with van der Waals surface area (Å²) >= 11 is 0. The third-order valence-corrected chi connectivity index (χ3v) is 2.26. The second-order valence-corrected chi connectivity index (χ2v) is 3.25. The number of benzene rings is 1. The first-order valence-electron chi connectivity index (χ1n) is 4.43. The highest BCUT2D eigenvalue weighted by Gasteiger charge is 2.10. The average Bonchev–Trinajstić information content (AvgIpc) is 2.25. The maximum Gasteiger partial charge on any atom is 0.286 e. The molecule has 0 fully saturated rings. The van der Waals surface area contributed by atoms with E-state index in [4.69, 9.17) is 4.74 Å². The maximum atomic E-state index is 11.7. The van der Waals surface area contributed by atoms with E-state index in [0.29, 0.717) is 31.6 Å². The van der Waals surface area contributed by atoms with Crippen LogP contribution in [0.25, 0.3) is 11.0 Å². The lowest BCUT2D eigenvalue weighted by Crippen LogP contribution is -2.18. The van der Waals surface area contributed by atoms with Gasteiger partial charge in [-0.15, -0.1) is 0 Å². The van der Waals surface area contributed by atoms with Crippen molar-refractivity contribution in [2.24, 2.45) is 0 Å². The molecular formula is C10H10N2O3. The molecule has 0 saturated heterocycles. The first-order chi connectivity index (χ1) is 7.13. The zero-order chi connectivity index (χ0) is 11.0. The Bertz CT molecular complexity index is 575. The Morgan fingerprint density at radius 1 is 1.47 bits per heavy atom. The van der Waals surface area contributed by atoms with Crippen LogP contribution in [0.1, 0.15) is 5.69 Å². The predicted molar refractivity (Wildman–Crippen MR) is 55.4 cm³/mol. The Morgan fingerprint density at radius 3 is 2.87 bits per heavy atom. The van der Waals surface area contributed by atoms with Crippen molar-refractivity contribution in [3.8, 4) is 5.75 Å². The van der Waals surface area contributed by atoms with Gasteiger partial charge in [0.2, 0.25) is 6.20 Å². The maximum absolute atomic E-state index is 11.7. The molecule has 5 nitrogen and oxygen atoms in total. The van der Waals surface area contributed by atoms with E-state index >= 15 is 0 Å². The molecule has 0 aliphatic rings. The van der Waals surface area contributed by atoms with Crippen molar-refractivity contribution in [1.82, 2.24) is 4.73 Å². The summed E-state index contributed by atoms with van der Waals surface area (Å²) in [5.41, 5.74) is 0.992. The number of methoxy groups -OCH3 is 1. The lowest BCUT2D eigenvalue weighted by molar-refractivity contribution is -0.465. The van der Waals surface area contributed by atoms with E-state index < -0.39 is 0 Å². The Hall–Kier alpha value is -2.04. The Morgan fingerprint density at radius 2 is 2.20 bits per heavy atom. The van der Waals surface area contributed by atoms with Crippen LogP contribution in [-0.2, 0) is 0 Å². The van der Waals surface area contributed by atoms with Gasteiger partial charge in [0.1, 0.15) is 11.3 Å². The van der Waals surface area contributed by atoms with E-state index in [2.05, 4.69) is 0 Å². The molecule has 0 amide bonds. The minimum atomic E-state index is 0.310. The fourth-order valence-corrected chi connectivity index (χ4v) is 1.46. The standard InChI is InChI=1S/C10H10N2O3/c1-7-6-11(13)9-4-3-8(15-2)5-10(9)12(7)14/h3-6H,1-2H3. The quantitative estimate of drug-likeness (QED) is 0.659. The van der Waals surface area contributed by atoms with Crippen LogP contribution in [0.15, 0.2) is 24.4 Å². The highest BCUT2D eigenvalue weighted by Crippen LogP contribution is 2.18. The third kappa shape index (κ3) is 1.41. The molecule has 0 spiro atoms. The monoisotopic (exact) mass is 206 g/mol. The lowest BCUT2D eigenvalue weighted by Gasteiger charge is -2.14. The molecule has 2 rings (SSSR count). The third-order valence-electron chi connectivity index (χ3n) is 2.26.